The number of nitrogens with zero attached hydrogens (tertiary/aromatic N) is 1. The van der Waals surface area contributed by atoms with E-state index in [-0.39, 0.29) is 25.2 Å². The van der Waals surface area contributed by atoms with E-state index in [9.17, 15) is 9.90 Å². The highest BCUT2D eigenvalue weighted by molar-refractivity contribution is 7.10. The molecule has 1 heterocycles. The lowest BCUT2D eigenvalue weighted by Crippen LogP contribution is -2.44. The van der Waals surface area contributed by atoms with E-state index < -0.39 is 6.10 Å². The molecule has 1 aliphatic carbocycles. The van der Waals surface area contributed by atoms with Crippen LogP contribution in [0.2, 0.25) is 0 Å². The number of urea groups is 1. The highest BCUT2D eigenvalue weighted by Gasteiger charge is 2.29. The summed E-state index contributed by atoms with van der Waals surface area (Å²) in [5, 5.41) is 15.0. The molecule has 6 heteroatoms. The summed E-state index contributed by atoms with van der Waals surface area (Å²) in [6.07, 6.45) is 4.15. The number of ether oxygens (including phenoxy) is 1. The second-order valence-electron chi connectivity index (χ2n) is 5.98. The number of hydrogen-bond acceptors (Lipinski definition) is 4. The van der Waals surface area contributed by atoms with Crippen molar-refractivity contribution in [2.75, 3.05) is 27.3 Å². The highest BCUT2D eigenvalue weighted by atomic mass is 32.1. The zero-order valence-corrected chi connectivity index (χ0v) is 14.1. The molecule has 22 heavy (non-hydrogen) atoms. The summed E-state index contributed by atoms with van der Waals surface area (Å²) in [5.41, 5.74) is 0. The van der Waals surface area contributed by atoms with Crippen LogP contribution in [-0.4, -0.2) is 49.5 Å². The van der Waals surface area contributed by atoms with E-state index in [0.717, 1.165) is 0 Å². The molecule has 2 amide bonds. The third kappa shape index (κ3) is 4.69. The van der Waals surface area contributed by atoms with E-state index in [4.69, 9.17) is 4.74 Å². The molecule has 2 N–H and O–H groups in total. The van der Waals surface area contributed by atoms with Crippen molar-refractivity contribution in [1.82, 2.24) is 10.2 Å². The second-order valence-corrected chi connectivity index (χ2v) is 6.96. The molecule has 0 aliphatic heterocycles. The van der Waals surface area contributed by atoms with Gasteiger partial charge in [0.25, 0.3) is 0 Å². The fourth-order valence-electron chi connectivity index (χ4n) is 3.07. The van der Waals surface area contributed by atoms with Gasteiger partial charge < -0.3 is 20.1 Å². The van der Waals surface area contributed by atoms with E-state index in [0.29, 0.717) is 5.92 Å². The van der Waals surface area contributed by atoms with Gasteiger partial charge in [-0.15, -0.1) is 11.3 Å². The number of carbonyl (C=O) groups excluding carboxylic acids is 1. The zero-order valence-electron chi connectivity index (χ0n) is 13.3. The van der Waals surface area contributed by atoms with E-state index in [1.807, 2.05) is 6.07 Å². The van der Waals surface area contributed by atoms with Crippen LogP contribution < -0.4 is 5.32 Å². The Hall–Kier alpha value is -1.11. The number of thiophene rings is 1. The Labute approximate surface area is 136 Å². The molecule has 2 atom stereocenters. The van der Waals surface area contributed by atoms with Crippen molar-refractivity contribution in [3.8, 4) is 0 Å². The van der Waals surface area contributed by atoms with Gasteiger partial charge >= 0.3 is 6.03 Å². The number of rotatable bonds is 7. The van der Waals surface area contributed by atoms with Gasteiger partial charge in [0.05, 0.1) is 25.3 Å². The van der Waals surface area contributed by atoms with Gasteiger partial charge in [0.2, 0.25) is 0 Å². The van der Waals surface area contributed by atoms with Gasteiger partial charge in [-0.1, -0.05) is 18.9 Å². The van der Waals surface area contributed by atoms with Gasteiger partial charge in [0.1, 0.15) is 0 Å². The molecule has 0 spiro atoms. The Kier molecular flexibility index (Phi) is 6.67. The highest BCUT2D eigenvalue weighted by Crippen LogP contribution is 2.37. The molecule has 1 fully saturated rings. The van der Waals surface area contributed by atoms with E-state index in [2.05, 4.69) is 16.8 Å². The average molecular weight is 326 g/mol. The van der Waals surface area contributed by atoms with Crippen LogP contribution in [0.3, 0.4) is 0 Å². The number of hydrogen-bond donors (Lipinski definition) is 2. The summed E-state index contributed by atoms with van der Waals surface area (Å²) in [6, 6.07) is 4.06. The minimum Gasteiger partial charge on any atom is -0.389 e. The van der Waals surface area contributed by atoms with Crippen molar-refractivity contribution in [2.45, 2.75) is 37.8 Å². The van der Waals surface area contributed by atoms with Crippen molar-refractivity contribution < 1.29 is 14.6 Å². The molecule has 1 aromatic heterocycles. The fraction of sp³-hybridized carbons (Fsp3) is 0.688. The quantitative estimate of drug-likeness (QED) is 0.810. The Morgan fingerprint density at radius 2 is 2.27 bits per heavy atom. The molecule has 0 aromatic carbocycles. The summed E-state index contributed by atoms with van der Waals surface area (Å²) in [7, 11) is 3.24. The molecular weight excluding hydrogens is 300 g/mol. The Morgan fingerprint density at radius 1 is 1.55 bits per heavy atom. The van der Waals surface area contributed by atoms with Gasteiger partial charge in [-0.2, -0.15) is 0 Å². The first kappa shape index (κ1) is 17.2. The van der Waals surface area contributed by atoms with Crippen LogP contribution in [0, 0.1) is 5.92 Å². The monoisotopic (exact) mass is 326 g/mol. The third-order valence-corrected chi connectivity index (χ3v) is 5.15. The number of carbonyl (C=O) groups is 1. The maximum absolute atomic E-state index is 12.4. The predicted octanol–water partition coefficient (Wildman–Crippen LogP) is 2.63. The third-order valence-electron chi connectivity index (χ3n) is 4.19. The fourth-order valence-corrected chi connectivity index (χ4v) is 3.94. The molecule has 5 nitrogen and oxygen atoms in total. The summed E-state index contributed by atoms with van der Waals surface area (Å²) in [4.78, 5) is 15.2. The first-order chi connectivity index (χ1) is 10.6. The molecule has 124 valence electrons. The Bertz CT molecular complexity index is 446. The van der Waals surface area contributed by atoms with Gasteiger partial charge in [-0.3, -0.25) is 0 Å². The number of methoxy groups -OCH3 is 1. The van der Waals surface area contributed by atoms with E-state index >= 15 is 0 Å². The maximum Gasteiger partial charge on any atom is 0.317 e. The van der Waals surface area contributed by atoms with Crippen LogP contribution in [0.4, 0.5) is 4.79 Å². The number of likely N-dealkylation sites (N-methyl/N-ethyl adjacent to an activating group) is 1. The lowest BCUT2D eigenvalue weighted by atomic mass is 9.97. The van der Waals surface area contributed by atoms with Gasteiger partial charge in [0, 0.05) is 19.0 Å². The smallest absolute Gasteiger partial charge is 0.317 e. The van der Waals surface area contributed by atoms with Crippen LogP contribution in [0.1, 0.15) is 36.6 Å². The molecule has 1 saturated carbocycles. The van der Waals surface area contributed by atoms with Crippen molar-refractivity contribution >= 4 is 17.4 Å². The van der Waals surface area contributed by atoms with Crippen LogP contribution in [0.25, 0.3) is 0 Å². The van der Waals surface area contributed by atoms with Crippen LogP contribution >= 0.6 is 11.3 Å². The summed E-state index contributed by atoms with van der Waals surface area (Å²) in [5.74, 6) is 0.514. The van der Waals surface area contributed by atoms with Crippen molar-refractivity contribution in [2.24, 2.45) is 5.92 Å². The number of amides is 2. The number of aliphatic hydroxyl groups excluding tert-OH is 1. The van der Waals surface area contributed by atoms with Crippen molar-refractivity contribution in [3.63, 3.8) is 0 Å². The van der Waals surface area contributed by atoms with E-state index in [1.54, 1.807) is 18.4 Å². The maximum atomic E-state index is 12.4. The molecule has 1 aromatic rings. The average Bonchev–Trinajstić information content (AvgIpc) is 3.18. The molecule has 1 aliphatic rings. The SMILES string of the molecule is COC[C@H](O)CN(C)C(=O)N[C@H](c1cccs1)C1CCCC1. The Morgan fingerprint density at radius 3 is 2.86 bits per heavy atom. The minimum absolute atomic E-state index is 0.0806. The van der Waals surface area contributed by atoms with Gasteiger partial charge in [-0.25, -0.2) is 4.79 Å². The topological polar surface area (TPSA) is 61.8 Å². The zero-order chi connectivity index (χ0) is 15.9. The first-order valence-electron chi connectivity index (χ1n) is 7.84. The molecule has 0 unspecified atom stereocenters. The number of aliphatic hydroxyl groups is 1. The Balaban J connectivity index is 1.96. The molecule has 0 bridgehead atoms. The number of nitrogens with one attached hydrogen (secondary N) is 1. The van der Waals surface area contributed by atoms with Crippen LogP contribution in [0.15, 0.2) is 17.5 Å². The molecule has 2 rings (SSSR count). The largest absolute Gasteiger partial charge is 0.389 e. The van der Waals surface area contributed by atoms with Crippen LogP contribution in [0.5, 0.6) is 0 Å². The summed E-state index contributed by atoms with van der Waals surface area (Å²) < 4.78 is 4.90. The van der Waals surface area contributed by atoms with Gasteiger partial charge in [0.15, 0.2) is 0 Å². The molecular formula is C16H26N2O3S. The molecule has 0 radical (unpaired) electrons. The minimum atomic E-state index is -0.660. The van der Waals surface area contributed by atoms with E-state index in [1.165, 1.54) is 42.6 Å². The van der Waals surface area contributed by atoms with Crippen LogP contribution in [-0.2, 0) is 4.74 Å². The predicted molar refractivity (Wildman–Crippen MR) is 88.1 cm³/mol. The molecule has 0 saturated heterocycles. The van der Waals surface area contributed by atoms with Gasteiger partial charge in [-0.05, 0) is 30.2 Å². The lowest BCUT2D eigenvalue weighted by Gasteiger charge is -2.28. The normalized spacial score (nSPS) is 18.1. The second kappa shape index (κ2) is 8.50. The standard InChI is InChI=1S/C16H26N2O3S/c1-18(10-13(19)11-21-2)16(20)17-15(12-6-3-4-7-12)14-8-5-9-22-14/h5,8-9,12-13,15,19H,3-4,6-7,10-11H2,1-2H3,(H,17,20)/t13-,15+/m1/s1. The van der Waals surface area contributed by atoms with Crippen molar-refractivity contribution in [1.29, 1.82) is 0 Å². The summed E-state index contributed by atoms with van der Waals surface area (Å²) in [6.45, 7) is 0.496. The summed E-state index contributed by atoms with van der Waals surface area (Å²) >= 11 is 1.69. The van der Waals surface area contributed by atoms with Crippen molar-refractivity contribution in [3.05, 3.63) is 22.4 Å². The lowest BCUT2D eigenvalue weighted by molar-refractivity contribution is 0.0485. The first-order valence-corrected chi connectivity index (χ1v) is 8.71.